The third kappa shape index (κ3) is 13.3. The second kappa shape index (κ2) is 22.6. The number of piperazine rings is 1. The number of hydrogen-bond donors (Lipinski definition) is 0. The van der Waals surface area contributed by atoms with E-state index in [1.54, 1.807) is 84.9 Å². The molecule has 404 valence electrons. The summed E-state index contributed by atoms with van der Waals surface area (Å²) in [6, 6.07) is 16.4. The Morgan fingerprint density at radius 3 is 1.97 bits per heavy atom. The van der Waals surface area contributed by atoms with Gasteiger partial charge in [0.1, 0.15) is 46.5 Å². The maximum atomic E-state index is 18.0. The van der Waals surface area contributed by atoms with Crippen molar-refractivity contribution in [2.24, 2.45) is 0 Å². The second-order valence-corrected chi connectivity index (χ2v) is 21.7. The monoisotopic (exact) mass is 1060 g/mol. The van der Waals surface area contributed by atoms with Gasteiger partial charge in [0.25, 0.3) is 0 Å². The minimum Gasteiger partial charge on any atom is -0.497 e. The van der Waals surface area contributed by atoms with Gasteiger partial charge in [-0.05, 0) is 127 Å². The zero-order valence-corrected chi connectivity index (χ0v) is 44.7. The fourth-order valence-corrected chi connectivity index (χ4v) is 10.3. The number of fused-ring (bicyclic) bond motifs is 3. The summed E-state index contributed by atoms with van der Waals surface area (Å²) in [4.78, 5) is 47.5. The van der Waals surface area contributed by atoms with E-state index in [4.69, 9.17) is 45.0 Å². The third-order valence-corrected chi connectivity index (χ3v) is 13.7. The van der Waals surface area contributed by atoms with Crippen molar-refractivity contribution >= 4 is 46.2 Å². The number of likely N-dealkylation sites (tertiary alicyclic amines) is 1. The minimum atomic E-state index is -4.99. The second-order valence-electron chi connectivity index (χ2n) is 21.3. The van der Waals surface area contributed by atoms with Gasteiger partial charge in [-0.2, -0.15) is 23.1 Å². The van der Waals surface area contributed by atoms with Crippen LogP contribution >= 0.6 is 11.6 Å². The molecule has 3 aliphatic rings. The number of nitrogens with zero attached hydrogens (tertiary/aromatic N) is 7. The van der Waals surface area contributed by atoms with Crippen LogP contribution in [0.5, 0.6) is 17.5 Å². The number of hydrogen-bond acceptors (Lipinski definition) is 14. The van der Waals surface area contributed by atoms with E-state index >= 15 is 17.6 Å². The van der Waals surface area contributed by atoms with Crippen LogP contribution < -0.4 is 24.0 Å². The number of benzene rings is 3. The molecule has 0 N–H and O–H groups in total. The van der Waals surface area contributed by atoms with Crippen LogP contribution in [0.25, 0.3) is 22.2 Å². The molecule has 0 spiro atoms. The molecular formula is C55H66ClF4N7O8. The summed E-state index contributed by atoms with van der Waals surface area (Å²) in [6.07, 6.45) is -2.41. The van der Waals surface area contributed by atoms with Crippen LogP contribution in [0.3, 0.4) is 0 Å². The van der Waals surface area contributed by atoms with Crippen molar-refractivity contribution in [1.29, 1.82) is 0 Å². The number of pyridine rings is 1. The molecule has 5 aromatic rings. The van der Waals surface area contributed by atoms with Crippen LogP contribution in [0, 0.1) is 12.7 Å². The van der Waals surface area contributed by atoms with Gasteiger partial charge in [0.05, 0.1) is 67.9 Å². The topological polar surface area (TPSA) is 141 Å². The molecule has 3 saturated heterocycles. The van der Waals surface area contributed by atoms with Gasteiger partial charge in [-0.25, -0.2) is 14.2 Å². The first kappa shape index (κ1) is 55.1. The Hall–Kier alpha value is -6.18. The number of aryl methyl sites for hydroxylation is 1. The van der Waals surface area contributed by atoms with Crippen molar-refractivity contribution < 1.29 is 55.6 Å². The minimum absolute atomic E-state index is 0.0688. The first-order valence-corrected chi connectivity index (χ1v) is 25.6. The molecule has 15 nitrogen and oxygen atoms in total. The Balaban J connectivity index is 1.19. The SMILES string of the molecule is COc1ccc(CN(Cc2ccc(OC)cc2)c2cc(C)c(C(F)(F)F)c(-c3c(Cl)cc4c(N5CC6CCC(C5)N6C(=O)OC(C)(C)C)nc(OC[C@@H]5CCCN5COCCC(=O)OC(C)(C)C)nc4c3F)n2)cc1. The van der Waals surface area contributed by atoms with Crippen LogP contribution in [0.4, 0.5) is 34.0 Å². The van der Waals surface area contributed by atoms with Crippen molar-refractivity contribution in [3.8, 4) is 28.8 Å². The first-order chi connectivity index (χ1) is 35.5. The lowest BCUT2D eigenvalue weighted by Gasteiger charge is -2.42. The number of esters is 1. The van der Waals surface area contributed by atoms with Crippen LogP contribution in [0.2, 0.25) is 5.02 Å². The number of alkyl halides is 3. The Morgan fingerprint density at radius 1 is 0.813 bits per heavy atom. The number of anilines is 2. The van der Waals surface area contributed by atoms with E-state index < -0.39 is 46.1 Å². The molecule has 0 aliphatic carbocycles. The van der Waals surface area contributed by atoms with Gasteiger partial charge in [0.2, 0.25) is 0 Å². The summed E-state index contributed by atoms with van der Waals surface area (Å²) in [6.45, 7) is 14.3. The zero-order valence-electron chi connectivity index (χ0n) is 44.0. The van der Waals surface area contributed by atoms with Crippen molar-refractivity contribution in [3.63, 3.8) is 0 Å². The highest BCUT2D eigenvalue weighted by molar-refractivity contribution is 6.34. The molecule has 8 rings (SSSR count). The molecule has 0 saturated carbocycles. The molecule has 2 unspecified atom stereocenters. The number of methoxy groups -OCH3 is 2. The summed E-state index contributed by atoms with van der Waals surface area (Å²) in [7, 11) is 3.11. The average Bonchev–Trinajstić information content (AvgIpc) is 3.90. The zero-order chi connectivity index (χ0) is 54.0. The maximum Gasteiger partial charge on any atom is 0.418 e. The standard InChI is InChI=1S/C55H66ClF4N7O8/c1-33-25-43(65(27-34-12-18-39(70-8)19-13-34)28-35-14-20-40(71-9)21-15-35)61-49(46(33)55(58,59)60)45-42(56)26-41-48(47(45)57)62-51(73-31-38-11-10-23-64(38)32-72-24-22-44(68)74-53(2,3)4)63-50(41)66-29-36-16-17-37(30-66)67(36)52(69)75-54(5,6)7/h12-15,18-21,25-26,36-38H,10-11,16-17,22-24,27-32H2,1-9H3/t36?,37?,38-/m0/s1. The Morgan fingerprint density at radius 2 is 1.41 bits per heavy atom. The Bertz CT molecular complexity index is 2780. The van der Waals surface area contributed by atoms with E-state index in [1.807, 2.05) is 34.1 Å². The summed E-state index contributed by atoms with van der Waals surface area (Å²) >= 11 is 7.07. The van der Waals surface area contributed by atoms with Crippen LogP contribution in [0.15, 0.2) is 60.7 Å². The largest absolute Gasteiger partial charge is 0.497 e. The molecule has 3 fully saturated rings. The van der Waals surface area contributed by atoms with Gasteiger partial charge in [0, 0.05) is 44.2 Å². The summed E-state index contributed by atoms with van der Waals surface area (Å²) < 4.78 is 98.6. The summed E-state index contributed by atoms with van der Waals surface area (Å²) in [5.74, 6) is 0.126. The van der Waals surface area contributed by atoms with Gasteiger partial charge in [-0.3, -0.25) is 14.6 Å². The Labute approximate surface area is 440 Å². The van der Waals surface area contributed by atoms with Crippen LogP contribution in [-0.4, -0.2) is 120 Å². The highest BCUT2D eigenvalue weighted by atomic mass is 35.5. The fourth-order valence-electron chi connectivity index (χ4n) is 10.0. The van der Waals surface area contributed by atoms with Crippen molar-refractivity contribution in [1.82, 2.24) is 24.8 Å². The van der Waals surface area contributed by atoms with E-state index in [1.165, 1.54) is 19.1 Å². The van der Waals surface area contributed by atoms with Gasteiger partial charge in [0.15, 0.2) is 5.82 Å². The van der Waals surface area contributed by atoms with E-state index in [0.717, 1.165) is 24.0 Å². The van der Waals surface area contributed by atoms with E-state index in [0.29, 0.717) is 44.0 Å². The normalized spacial score (nSPS) is 18.1. The molecule has 75 heavy (non-hydrogen) atoms. The number of rotatable bonds is 17. The molecule has 2 aromatic heterocycles. The maximum absolute atomic E-state index is 18.0. The fraction of sp³-hybridized carbons (Fsp3) is 0.509. The molecule has 20 heteroatoms. The van der Waals surface area contributed by atoms with E-state index in [-0.39, 0.29) is 103 Å². The molecule has 3 aromatic carbocycles. The summed E-state index contributed by atoms with van der Waals surface area (Å²) in [5, 5.41) is -0.199. The highest BCUT2D eigenvalue weighted by Crippen LogP contribution is 2.46. The quantitative estimate of drug-likeness (QED) is 0.0495. The first-order valence-electron chi connectivity index (χ1n) is 25.2. The van der Waals surface area contributed by atoms with E-state index in [9.17, 15) is 9.59 Å². The third-order valence-electron chi connectivity index (χ3n) is 13.4. The van der Waals surface area contributed by atoms with Crippen molar-refractivity contribution in [3.05, 3.63) is 93.8 Å². The average molecular weight is 1060 g/mol. The van der Waals surface area contributed by atoms with Crippen molar-refractivity contribution in [2.75, 3.05) is 63.6 Å². The molecule has 3 aliphatic heterocycles. The lowest BCUT2D eigenvalue weighted by molar-refractivity contribution is -0.156. The molecule has 3 atom stereocenters. The lowest BCUT2D eigenvalue weighted by Crippen LogP contribution is -2.57. The van der Waals surface area contributed by atoms with Gasteiger partial charge < -0.3 is 38.2 Å². The van der Waals surface area contributed by atoms with Gasteiger partial charge >= 0.3 is 24.2 Å². The lowest BCUT2D eigenvalue weighted by atomic mass is 9.98. The van der Waals surface area contributed by atoms with Gasteiger partial charge in [-0.15, -0.1) is 0 Å². The molecule has 2 bridgehead atoms. The van der Waals surface area contributed by atoms with Crippen molar-refractivity contribution in [2.45, 2.75) is 129 Å². The number of amides is 1. The highest BCUT2D eigenvalue weighted by Gasteiger charge is 2.46. The van der Waals surface area contributed by atoms with E-state index in [2.05, 4.69) is 14.9 Å². The number of carbonyl (C=O) groups excluding carboxylic acids is 2. The Kier molecular flexibility index (Phi) is 16.6. The number of ether oxygens (including phenoxy) is 6. The molecular weight excluding hydrogens is 998 g/mol. The predicted molar refractivity (Wildman–Crippen MR) is 277 cm³/mol. The molecule has 5 heterocycles. The molecule has 0 radical (unpaired) electrons. The predicted octanol–water partition coefficient (Wildman–Crippen LogP) is 11.2. The number of halogens is 5. The number of aromatic nitrogens is 3. The molecule has 1 amide bonds. The smallest absolute Gasteiger partial charge is 0.418 e. The number of carbonyl (C=O) groups is 2. The van der Waals surface area contributed by atoms with Crippen LogP contribution in [0.1, 0.15) is 95.9 Å². The van der Waals surface area contributed by atoms with Crippen LogP contribution in [-0.2, 0) is 38.3 Å². The summed E-state index contributed by atoms with van der Waals surface area (Å²) in [5.41, 5.74) is -2.70. The van der Waals surface area contributed by atoms with Gasteiger partial charge in [-0.1, -0.05) is 35.9 Å².